The van der Waals surface area contributed by atoms with Crippen LogP contribution in [0.4, 0.5) is 5.69 Å². The molecule has 0 aliphatic heterocycles. The lowest BCUT2D eigenvalue weighted by Gasteiger charge is -2.21. The van der Waals surface area contributed by atoms with Crippen molar-refractivity contribution in [3.05, 3.63) is 45.9 Å². The lowest BCUT2D eigenvalue weighted by atomic mass is 10.1. The molecule has 0 N–H and O–H groups in total. The molecule has 2 aromatic rings. The first kappa shape index (κ1) is 15.3. The molecule has 0 saturated carbocycles. The summed E-state index contributed by atoms with van der Waals surface area (Å²) in [6, 6.07) is 8.53. The molecular weight excluding hydrogens is 288 g/mol. The second-order valence-electron chi connectivity index (χ2n) is 5.03. The van der Waals surface area contributed by atoms with Crippen molar-refractivity contribution in [2.75, 3.05) is 18.5 Å². The van der Waals surface area contributed by atoms with E-state index in [4.69, 9.17) is 11.6 Å². The van der Waals surface area contributed by atoms with E-state index in [1.165, 1.54) is 29.1 Å². The summed E-state index contributed by atoms with van der Waals surface area (Å²) in [4.78, 5) is 6.83. The second-order valence-corrected chi connectivity index (χ2v) is 6.24. The summed E-state index contributed by atoms with van der Waals surface area (Å²) < 4.78 is 0. The molecule has 0 aliphatic rings. The molecule has 0 aliphatic carbocycles. The molecule has 2 nitrogen and oxygen atoms in total. The molecule has 2 rings (SSSR count). The average molecular weight is 309 g/mol. The van der Waals surface area contributed by atoms with Gasteiger partial charge in [-0.05, 0) is 37.8 Å². The highest BCUT2D eigenvalue weighted by molar-refractivity contribution is 7.09. The van der Waals surface area contributed by atoms with Crippen LogP contribution in [0, 0.1) is 6.92 Å². The number of nitrogens with zero attached hydrogens (tertiary/aromatic N) is 2. The summed E-state index contributed by atoms with van der Waals surface area (Å²) in [5.74, 6) is 0.520. The van der Waals surface area contributed by atoms with Crippen molar-refractivity contribution < 1.29 is 0 Å². The van der Waals surface area contributed by atoms with E-state index in [1.807, 2.05) is 0 Å². The Balaban J connectivity index is 1.74. The largest absolute Gasteiger partial charge is 0.374 e. The first-order valence-electron chi connectivity index (χ1n) is 6.96. The highest BCUT2D eigenvalue weighted by Gasteiger charge is 2.04. The van der Waals surface area contributed by atoms with Crippen LogP contribution in [0.15, 0.2) is 29.6 Å². The van der Waals surface area contributed by atoms with Crippen molar-refractivity contribution in [1.82, 2.24) is 4.98 Å². The fourth-order valence-electron chi connectivity index (χ4n) is 2.26. The van der Waals surface area contributed by atoms with Gasteiger partial charge >= 0.3 is 0 Å². The van der Waals surface area contributed by atoms with E-state index in [-0.39, 0.29) is 0 Å². The molecule has 0 fully saturated rings. The number of benzene rings is 1. The van der Waals surface area contributed by atoms with Crippen LogP contribution >= 0.6 is 22.9 Å². The lowest BCUT2D eigenvalue weighted by Crippen LogP contribution is -2.19. The van der Waals surface area contributed by atoms with E-state index >= 15 is 0 Å². The highest BCUT2D eigenvalue weighted by Crippen LogP contribution is 2.19. The third-order valence-corrected chi connectivity index (χ3v) is 4.63. The Morgan fingerprint density at radius 3 is 2.75 bits per heavy atom. The summed E-state index contributed by atoms with van der Waals surface area (Å²) in [5, 5.41) is 3.26. The van der Waals surface area contributed by atoms with Crippen LogP contribution in [0.2, 0.25) is 0 Å². The molecule has 0 atom stereocenters. The van der Waals surface area contributed by atoms with Gasteiger partial charge in [-0.15, -0.1) is 22.9 Å². The van der Waals surface area contributed by atoms with Gasteiger partial charge in [0.05, 0.1) is 16.6 Å². The first-order chi connectivity index (χ1) is 9.70. The summed E-state index contributed by atoms with van der Waals surface area (Å²) in [5.41, 5.74) is 3.66. The number of thiazole rings is 1. The van der Waals surface area contributed by atoms with Crippen molar-refractivity contribution in [3.8, 4) is 0 Å². The van der Waals surface area contributed by atoms with Crippen LogP contribution in [-0.2, 0) is 12.3 Å². The summed E-state index contributed by atoms with van der Waals surface area (Å²) in [6.07, 6.45) is 3.41. The average Bonchev–Trinajstić information content (AvgIpc) is 2.92. The minimum absolute atomic E-state index is 0.520. The maximum atomic E-state index is 5.76. The monoisotopic (exact) mass is 308 g/mol. The number of rotatable bonds is 7. The fraction of sp³-hybridized carbons (Fsp3) is 0.438. The number of anilines is 1. The summed E-state index contributed by atoms with van der Waals surface area (Å²) >= 11 is 7.49. The van der Waals surface area contributed by atoms with Gasteiger partial charge in [0.2, 0.25) is 0 Å². The second kappa shape index (κ2) is 7.65. The van der Waals surface area contributed by atoms with Gasteiger partial charge < -0.3 is 4.90 Å². The number of hydrogen-bond donors (Lipinski definition) is 0. The van der Waals surface area contributed by atoms with Gasteiger partial charge in [-0.1, -0.05) is 18.2 Å². The van der Waals surface area contributed by atoms with Gasteiger partial charge in [0, 0.05) is 24.7 Å². The number of aryl methyl sites for hydroxylation is 2. The topological polar surface area (TPSA) is 16.1 Å². The standard InChI is InChI=1S/C16H21ClN2S/c1-13-7-3-4-8-15(13)19(2)10-6-5-9-16-18-14(11-17)12-20-16/h3-4,7-8,12H,5-6,9-11H2,1-2H3. The van der Waals surface area contributed by atoms with Crippen molar-refractivity contribution >= 4 is 28.6 Å². The highest BCUT2D eigenvalue weighted by atomic mass is 35.5. The van der Waals surface area contributed by atoms with E-state index < -0.39 is 0 Å². The van der Waals surface area contributed by atoms with Crippen LogP contribution < -0.4 is 4.90 Å². The van der Waals surface area contributed by atoms with E-state index in [2.05, 4.69) is 53.5 Å². The van der Waals surface area contributed by atoms with Crippen LogP contribution in [-0.4, -0.2) is 18.6 Å². The zero-order valence-corrected chi connectivity index (χ0v) is 13.7. The van der Waals surface area contributed by atoms with Crippen LogP contribution in [0.3, 0.4) is 0 Å². The smallest absolute Gasteiger partial charge is 0.0928 e. The number of para-hydroxylation sites is 1. The van der Waals surface area contributed by atoms with Crippen LogP contribution in [0.1, 0.15) is 29.1 Å². The Labute approximate surface area is 130 Å². The quantitative estimate of drug-likeness (QED) is 0.547. The molecule has 0 unspecified atom stereocenters. The molecule has 108 valence electrons. The minimum atomic E-state index is 0.520. The molecule has 1 aromatic carbocycles. The zero-order valence-electron chi connectivity index (χ0n) is 12.1. The van der Waals surface area contributed by atoms with Crippen LogP contribution in [0.25, 0.3) is 0 Å². The third-order valence-electron chi connectivity index (χ3n) is 3.40. The van der Waals surface area contributed by atoms with Crippen molar-refractivity contribution in [2.24, 2.45) is 0 Å². The Morgan fingerprint density at radius 2 is 2.05 bits per heavy atom. The normalized spacial score (nSPS) is 10.8. The molecule has 0 amide bonds. The lowest BCUT2D eigenvalue weighted by molar-refractivity contribution is 0.715. The Morgan fingerprint density at radius 1 is 1.25 bits per heavy atom. The molecule has 20 heavy (non-hydrogen) atoms. The summed E-state index contributed by atoms with van der Waals surface area (Å²) in [6.45, 7) is 3.24. The molecule has 0 bridgehead atoms. The molecule has 0 radical (unpaired) electrons. The maximum absolute atomic E-state index is 5.76. The van der Waals surface area contributed by atoms with Gasteiger partial charge in [-0.2, -0.15) is 0 Å². The van der Waals surface area contributed by atoms with E-state index in [1.54, 1.807) is 11.3 Å². The maximum Gasteiger partial charge on any atom is 0.0928 e. The van der Waals surface area contributed by atoms with Crippen molar-refractivity contribution in [3.63, 3.8) is 0 Å². The van der Waals surface area contributed by atoms with E-state index in [9.17, 15) is 0 Å². The van der Waals surface area contributed by atoms with Crippen molar-refractivity contribution in [1.29, 1.82) is 0 Å². The van der Waals surface area contributed by atoms with Gasteiger partial charge in [0.25, 0.3) is 0 Å². The van der Waals surface area contributed by atoms with E-state index in [0.29, 0.717) is 5.88 Å². The van der Waals surface area contributed by atoms with Gasteiger partial charge in [-0.3, -0.25) is 0 Å². The SMILES string of the molecule is Cc1ccccc1N(C)CCCCc1nc(CCl)cs1. The van der Waals surface area contributed by atoms with Gasteiger partial charge in [0.1, 0.15) is 0 Å². The Bertz CT molecular complexity index is 539. The molecule has 4 heteroatoms. The molecule has 1 heterocycles. The molecule has 1 aromatic heterocycles. The fourth-order valence-corrected chi connectivity index (χ4v) is 3.33. The van der Waals surface area contributed by atoms with Crippen molar-refractivity contribution in [2.45, 2.75) is 32.1 Å². The van der Waals surface area contributed by atoms with Crippen LogP contribution in [0.5, 0.6) is 0 Å². The Kier molecular flexibility index (Phi) is 5.86. The Hall–Kier alpha value is -1.06. The zero-order chi connectivity index (χ0) is 14.4. The van der Waals surface area contributed by atoms with E-state index in [0.717, 1.165) is 18.7 Å². The predicted octanol–water partition coefficient (Wildman–Crippen LogP) is 4.65. The number of hydrogen-bond acceptors (Lipinski definition) is 3. The number of halogens is 1. The molecular formula is C16H21ClN2S. The van der Waals surface area contributed by atoms with Gasteiger partial charge in [-0.25, -0.2) is 4.98 Å². The minimum Gasteiger partial charge on any atom is -0.374 e. The third kappa shape index (κ3) is 4.22. The first-order valence-corrected chi connectivity index (χ1v) is 8.38. The number of unbranched alkanes of at least 4 members (excludes halogenated alkanes) is 1. The molecule has 0 spiro atoms. The number of alkyl halides is 1. The van der Waals surface area contributed by atoms with Gasteiger partial charge in [0.15, 0.2) is 0 Å². The summed E-state index contributed by atoms with van der Waals surface area (Å²) in [7, 11) is 2.16. The number of aromatic nitrogens is 1. The molecule has 0 saturated heterocycles. The predicted molar refractivity (Wildman–Crippen MR) is 89.1 cm³/mol.